The second-order valence-electron chi connectivity index (χ2n) is 8.30. The summed E-state index contributed by atoms with van der Waals surface area (Å²) in [6.07, 6.45) is -3.02. The normalized spacial score (nSPS) is 13.9. The summed E-state index contributed by atoms with van der Waals surface area (Å²) in [6, 6.07) is 19.0. The number of thiophene rings is 1. The molecule has 9 heteroatoms. The number of carbonyl (C=O) groups excluding carboxylic acids is 3. The van der Waals surface area contributed by atoms with E-state index in [-0.39, 0.29) is 37.0 Å². The molecule has 1 aromatic heterocycles. The highest BCUT2D eigenvalue weighted by Gasteiger charge is 2.29. The first kappa shape index (κ1) is 25.6. The van der Waals surface area contributed by atoms with Crippen LogP contribution >= 0.6 is 11.3 Å². The lowest BCUT2D eigenvalue weighted by atomic mass is 9.98. The Balaban J connectivity index is 1.25. The summed E-state index contributed by atoms with van der Waals surface area (Å²) in [7, 11) is 0. The zero-order valence-electron chi connectivity index (χ0n) is 19.7. The van der Waals surface area contributed by atoms with Crippen molar-refractivity contribution >= 4 is 29.2 Å². The van der Waals surface area contributed by atoms with Gasteiger partial charge in [0.05, 0.1) is 17.6 Å². The van der Waals surface area contributed by atoms with E-state index in [4.69, 9.17) is 9.47 Å². The van der Waals surface area contributed by atoms with Gasteiger partial charge in [0.1, 0.15) is 12.7 Å². The predicted octanol–water partition coefficient (Wildman–Crippen LogP) is 3.82. The number of alkyl carbamates (subject to hydrolysis) is 1. The van der Waals surface area contributed by atoms with Crippen molar-refractivity contribution in [3.63, 3.8) is 0 Å². The van der Waals surface area contributed by atoms with E-state index in [1.54, 1.807) is 6.92 Å². The molecule has 0 fully saturated rings. The molecule has 1 amide bonds. The molecule has 1 aliphatic rings. The minimum Gasteiger partial charge on any atom is -0.460 e. The van der Waals surface area contributed by atoms with Gasteiger partial charge in [0, 0.05) is 17.3 Å². The molecule has 2 atom stereocenters. The fraction of sp³-hybridized carbons (Fsp3) is 0.296. The van der Waals surface area contributed by atoms with E-state index in [1.165, 1.54) is 12.1 Å². The zero-order valence-corrected chi connectivity index (χ0v) is 20.5. The van der Waals surface area contributed by atoms with E-state index < -0.39 is 30.1 Å². The number of carbonyl (C=O) groups is 3. The Morgan fingerprint density at radius 2 is 1.58 bits per heavy atom. The first-order chi connectivity index (χ1) is 17.4. The van der Waals surface area contributed by atoms with Gasteiger partial charge in [-0.15, -0.1) is 11.3 Å². The average Bonchev–Trinajstić information content (AvgIpc) is 3.50. The minimum absolute atomic E-state index is 0.0547. The number of aliphatic hydroxyl groups is 2. The second kappa shape index (κ2) is 11.5. The number of hydrogen-bond acceptors (Lipinski definition) is 8. The number of hydrogen-bond donors (Lipinski definition) is 3. The number of esters is 1. The van der Waals surface area contributed by atoms with E-state index in [1.807, 2.05) is 36.4 Å². The molecular weight excluding hydrogens is 482 g/mol. The van der Waals surface area contributed by atoms with E-state index in [0.29, 0.717) is 4.88 Å². The summed E-state index contributed by atoms with van der Waals surface area (Å²) in [6.45, 7) is 1.94. The lowest BCUT2D eigenvalue weighted by Crippen LogP contribution is -2.30. The lowest BCUT2D eigenvalue weighted by molar-refractivity contribution is -0.137. The highest BCUT2D eigenvalue weighted by atomic mass is 32.1. The van der Waals surface area contributed by atoms with Crippen molar-refractivity contribution in [2.24, 2.45) is 0 Å². The average molecular weight is 510 g/mol. The molecule has 36 heavy (non-hydrogen) atoms. The number of amides is 1. The third-order valence-corrected chi connectivity index (χ3v) is 7.18. The molecule has 0 saturated carbocycles. The van der Waals surface area contributed by atoms with Crippen LogP contribution in [0.4, 0.5) is 4.79 Å². The molecule has 188 valence electrons. The van der Waals surface area contributed by atoms with Crippen LogP contribution in [0.3, 0.4) is 0 Å². The van der Waals surface area contributed by atoms with Crippen molar-refractivity contribution < 1.29 is 34.1 Å². The number of rotatable bonds is 10. The Morgan fingerprint density at radius 1 is 0.944 bits per heavy atom. The van der Waals surface area contributed by atoms with Crippen LogP contribution in [0.2, 0.25) is 0 Å². The van der Waals surface area contributed by atoms with Gasteiger partial charge in [0.2, 0.25) is 0 Å². The van der Waals surface area contributed by atoms with Gasteiger partial charge in [-0.1, -0.05) is 48.5 Å². The molecule has 0 saturated heterocycles. The summed E-state index contributed by atoms with van der Waals surface area (Å²) in [5, 5.41) is 23.3. The first-order valence-corrected chi connectivity index (χ1v) is 12.5. The van der Waals surface area contributed by atoms with Crippen LogP contribution < -0.4 is 5.32 Å². The Morgan fingerprint density at radius 3 is 2.22 bits per heavy atom. The lowest BCUT2D eigenvalue weighted by Gasteiger charge is -2.17. The Bertz CT molecular complexity index is 1210. The van der Waals surface area contributed by atoms with Crippen molar-refractivity contribution in [1.82, 2.24) is 5.32 Å². The number of fused-ring (bicyclic) bond motifs is 3. The summed E-state index contributed by atoms with van der Waals surface area (Å²) in [5.74, 6) is -1.82. The molecule has 0 bridgehead atoms. The quantitative estimate of drug-likeness (QED) is 0.216. The summed E-state index contributed by atoms with van der Waals surface area (Å²) >= 11 is 0.910. The van der Waals surface area contributed by atoms with Crippen molar-refractivity contribution in [2.45, 2.75) is 31.5 Å². The van der Waals surface area contributed by atoms with E-state index in [0.717, 1.165) is 33.6 Å². The molecule has 0 radical (unpaired) electrons. The maximum absolute atomic E-state index is 12.3. The van der Waals surface area contributed by atoms with Gasteiger partial charge >= 0.3 is 12.1 Å². The molecule has 1 heterocycles. The second-order valence-corrected chi connectivity index (χ2v) is 9.42. The maximum atomic E-state index is 12.3. The van der Waals surface area contributed by atoms with Crippen LogP contribution in [0.25, 0.3) is 11.1 Å². The van der Waals surface area contributed by atoms with Crippen LogP contribution in [-0.4, -0.2) is 53.9 Å². The number of Topliss-reactive ketones (excluding diaryl/α,β-unsaturated/α-hetero) is 1. The fourth-order valence-corrected chi connectivity index (χ4v) is 5.23. The highest BCUT2D eigenvalue weighted by molar-refractivity contribution is 7.14. The van der Waals surface area contributed by atoms with Crippen LogP contribution in [0.15, 0.2) is 60.7 Å². The number of benzene rings is 2. The molecule has 0 spiro atoms. The van der Waals surface area contributed by atoms with Crippen LogP contribution in [0.5, 0.6) is 0 Å². The van der Waals surface area contributed by atoms with Gasteiger partial charge in [0.15, 0.2) is 0 Å². The van der Waals surface area contributed by atoms with E-state index in [2.05, 4.69) is 17.4 Å². The topological polar surface area (TPSA) is 122 Å². The maximum Gasteiger partial charge on any atom is 0.407 e. The minimum atomic E-state index is -1.27. The molecular formula is C27H27NO7S. The third-order valence-electron chi connectivity index (χ3n) is 6.02. The molecule has 2 aromatic carbocycles. The van der Waals surface area contributed by atoms with Gasteiger partial charge < -0.3 is 25.0 Å². The Kier molecular flexibility index (Phi) is 8.14. The zero-order chi connectivity index (χ0) is 25.7. The van der Waals surface area contributed by atoms with Gasteiger partial charge in [-0.2, -0.15) is 0 Å². The fourth-order valence-electron chi connectivity index (χ4n) is 4.25. The SMILES string of the molecule is CCOC(=O)C(=O)c1ccc(C(O)C(O)CCNC(=O)OCC2c3ccccc3-c3ccccc32)s1. The third kappa shape index (κ3) is 5.48. The largest absolute Gasteiger partial charge is 0.460 e. The Hall–Kier alpha value is -3.53. The molecule has 4 rings (SSSR count). The monoisotopic (exact) mass is 509 g/mol. The van der Waals surface area contributed by atoms with Crippen LogP contribution in [0, 0.1) is 0 Å². The van der Waals surface area contributed by atoms with Crippen LogP contribution in [-0.2, 0) is 14.3 Å². The van der Waals surface area contributed by atoms with Gasteiger partial charge in [0.25, 0.3) is 5.78 Å². The molecule has 8 nitrogen and oxygen atoms in total. The molecule has 1 aliphatic carbocycles. The van der Waals surface area contributed by atoms with Crippen molar-refractivity contribution in [2.75, 3.05) is 19.8 Å². The summed E-state index contributed by atoms with van der Waals surface area (Å²) < 4.78 is 10.2. The number of ketones is 1. The van der Waals surface area contributed by atoms with E-state index >= 15 is 0 Å². The van der Waals surface area contributed by atoms with Gasteiger partial charge in [-0.25, -0.2) is 9.59 Å². The summed E-state index contributed by atoms with van der Waals surface area (Å²) in [4.78, 5) is 36.3. The van der Waals surface area contributed by atoms with Crippen molar-refractivity contribution in [3.05, 3.63) is 81.5 Å². The van der Waals surface area contributed by atoms with E-state index in [9.17, 15) is 24.6 Å². The molecule has 2 unspecified atom stereocenters. The predicted molar refractivity (Wildman–Crippen MR) is 134 cm³/mol. The molecule has 3 N–H and O–H groups in total. The van der Waals surface area contributed by atoms with Crippen molar-refractivity contribution in [3.8, 4) is 11.1 Å². The van der Waals surface area contributed by atoms with Crippen molar-refractivity contribution in [1.29, 1.82) is 0 Å². The number of ether oxygens (including phenoxy) is 2. The molecule has 3 aromatic rings. The van der Waals surface area contributed by atoms with Crippen LogP contribution in [0.1, 0.15) is 51.0 Å². The summed E-state index contributed by atoms with van der Waals surface area (Å²) in [5.41, 5.74) is 4.50. The van der Waals surface area contributed by atoms with Gasteiger partial charge in [-0.3, -0.25) is 4.79 Å². The smallest absolute Gasteiger partial charge is 0.407 e. The highest BCUT2D eigenvalue weighted by Crippen LogP contribution is 2.44. The molecule has 0 aliphatic heterocycles. The first-order valence-electron chi connectivity index (χ1n) is 11.7. The standard InChI is InChI=1S/C27H27NO7S/c1-2-34-26(32)25(31)23-12-11-22(36-23)24(30)21(29)13-14-28-27(33)35-15-20-18-9-5-3-7-16(18)17-8-4-6-10-19(17)20/h3-12,20-21,24,29-30H,2,13-15H2,1H3,(H,28,33). The number of nitrogens with one attached hydrogen (secondary N) is 1. The van der Waals surface area contributed by atoms with Gasteiger partial charge in [-0.05, 0) is 47.7 Å². The Labute approximate surface area is 212 Å². The number of aliphatic hydroxyl groups excluding tert-OH is 2.